The van der Waals surface area contributed by atoms with Crippen molar-refractivity contribution >= 4 is 38.9 Å². The quantitative estimate of drug-likeness (QED) is 0.484. The number of hydrogen-bond donors (Lipinski definition) is 2. The second kappa shape index (κ2) is 9.36. The van der Waals surface area contributed by atoms with E-state index in [0.29, 0.717) is 22.1 Å². The van der Waals surface area contributed by atoms with Gasteiger partial charge in [0.05, 0.1) is 24.8 Å². The molecule has 9 heteroatoms. The number of hydrogen-bond acceptors (Lipinski definition) is 5. The zero-order valence-corrected chi connectivity index (χ0v) is 19.3. The third kappa shape index (κ3) is 5.07. The molecule has 0 spiro atoms. The standard InChI is InChI=1S/C22H21Cl2NO5S/c1-13-4-7-15(8-5-13)31(27,28)25-19-12-21(30-3)20(29-2)11-17(19)22(26)16-9-6-14(23)10-18(16)24/h4-12,22,25-26H,1-3H3/t22-/m0/s1. The average molecular weight is 482 g/mol. The van der Waals surface area contributed by atoms with Crippen molar-refractivity contribution in [2.75, 3.05) is 18.9 Å². The molecule has 0 aliphatic rings. The largest absolute Gasteiger partial charge is 0.493 e. The Morgan fingerprint density at radius 1 is 0.903 bits per heavy atom. The van der Waals surface area contributed by atoms with Gasteiger partial charge >= 0.3 is 0 Å². The zero-order chi connectivity index (χ0) is 22.8. The number of halogens is 2. The summed E-state index contributed by atoms with van der Waals surface area (Å²) in [7, 11) is -1.06. The lowest BCUT2D eigenvalue weighted by Crippen LogP contribution is -2.16. The first-order valence-electron chi connectivity index (χ1n) is 9.14. The molecule has 164 valence electrons. The normalized spacial score (nSPS) is 12.3. The summed E-state index contributed by atoms with van der Waals surface area (Å²) in [6.07, 6.45) is -1.26. The van der Waals surface area contributed by atoms with Crippen molar-refractivity contribution < 1.29 is 23.0 Å². The maximum Gasteiger partial charge on any atom is 0.261 e. The van der Waals surface area contributed by atoms with E-state index in [1.54, 1.807) is 24.3 Å². The summed E-state index contributed by atoms with van der Waals surface area (Å²) in [6, 6.07) is 14.0. The van der Waals surface area contributed by atoms with Gasteiger partial charge in [-0.3, -0.25) is 4.72 Å². The van der Waals surface area contributed by atoms with Crippen LogP contribution in [-0.2, 0) is 10.0 Å². The number of rotatable bonds is 7. The molecule has 0 aliphatic heterocycles. The molecule has 0 aromatic heterocycles. The number of anilines is 1. The highest BCUT2D eigenvalue weighted by atomic mass is 35.5. The van der Waals surface area contributed by atoms with Gasteiger partial charge in [-0.05, 0) is 37.3 Å². The highest BCUT2D eigenvalue weighted by Gasteiger charge is 2.24. The van der Waals surface area contributed by atoms with Gasteiger partial charge in [-0.15, -0.1) is 0 Å². The first-order chi connectivity index (χ1) is 14.7. The van der Waals surface area contributed by atoms with Crippen LogP contribution in [0, 0.1) is 6.92 Å². The molecule has 3 aromatic rings. The number of aryl methyl sites for hydroxylation is 1. The van der Waals surface area contributed by atoms with Crippen LogP contribution in [0.5, 0.6) is 11.5 Å². The van der Waals surface area contributed by atoms with Crippen molar-refractivity contribution in [3.63, 3.8) is 0 Å². The number of methoxy groups -OCH3 is 2. The van der Waals surface area contributed by atoms with Gasteiger partial charge in [0, 0.05) is 27.2 Å². The van der Waals surface area contributed by atoms with Crippen LogP contribution in [0.25, 0.3) is 0 Å². The van der Waals surface area contributed by atoms with Crippen LogP contribution in [0.1, 0.15) is 22.8 Å². The number of aliphatic hydroxyl groups excluding tert-OH is 1. The Labute approximate surface area is 191 Å². The molecular formula is C22H21Cl2NO5S. The van der Waals surface area contributed by atoms with Crippen molar-refractivity contribution in [1.82, 2.24) is 0 Å². The number of benzene rings is 3. The van der Waals surface area contributed by atoms with E-state index >= 15 is 0 Å². The zero-order valence-electron chi connectivity index (χ0n) is 17.0. The maximum atomic E-state index is 13.0. The molecular weight excluding hydrogens is 461 g/mol. The lowest BCUT2D eigenvalue weighted by atomic mass is 9.99. The van der Waals surface area contributed by atoms with Crippen molar-refractivity contribution in [3.05, 3.63) is 81.3 Å². The summed E-state index contributed by atoms with van der Waals surface area (Å²) in [6.45, 7) is 1.86. The van der Waals surface area contributed by atoms with Gasteiger partial charge < -0.3 is 14.6 Å². The fourth-order valence-electron chi connectivity index (χ4n) is 3.02. The van der Waals surface area contributed by atoms with Gasteiger partial charge in [-0.2, -0.15) is 0 Å². The van der Waals surface area contributed by atoms with Crippen LogP contribution < -0.4 is 14.2 Å². The molecule has 0 bridgehead atoms. The van der Waals surface area contributed by atoms with Crippen molar-refractivity contribution in [2.45, 2.75) is 17.9 Å². The van der Waals surface area contributed by atoms with Crippen LogP contribution in [0.15, 0.2) is 59.5 Å². The predicted octanol–water partition coefficient (Wildman–Crippen LogP) is 5.20. The third-order valence-electron chi connectivity index (χ3n) is 4.68. The number of aliphatic hydroxyl groups is 1. The molecule has 2 N–H and O–H groups in total. The van der Waals surface area contributed by atoms with Gasteiger partial charge in [0.1, 0.15) is 6.10 Å². The molecule has 6 nitrogen and oxygen atoms in total. The maximum absolute atomic E-state index is 13.0. The predicted molar refractivity (Wildman–Crippen MR) is 122 cm³/mol. The minimum Gasteiger partial charge on any atom is -0.493 e. The lowest BCUT2D eigenvalue weighted by Gasteiger charge is -2.21. The molecule has 0 heterocycles. The van der Waals surface area contributed by atoms with E-state index in [2.05, 4.69) is 4.72 Å². The molecule has 0 unspecified atom stereocenters. The van der Waals surface area contributed by atoms with Crippen LogP contribution in [-0.4, -0.2) is 27.7 Å². The summed E-state index contributed by atoms with van der Waals surface area (Å²) < 4.78 is 39.1. The van der Waals surface area contributed by atoms with Crippen molar-refractivity contribution in [2.24, 2.45) is 0 Å². The van der Waals surface area contributed by atoms with Crippen LogP contribution in [0.3, 0.4) is 0 Å². The summed E-state index contributed by atoms with van der Waals surface area (Å²) in [4.78, 5) is 0.0813. The lowest BCUT2D eigenvalue weighted by molar-refractivity contribution is 0.220. The molecule has 0 amide bonds. The van der Waals surface area contributed by atoms with Gasteiger partial charge in [0.25, 0.3) is 10.0 Å². The SMILES string of the molecule is COc1cc(NS(=O)(=O)c2ccc(C)cc2)c([C@@H](O)c2ccc(Cl)cc2Cl)cc1OC. The number of nitrogens with one attached hydrogen (secondary N) is 1. The van der Waals surface area contributed by atoms with Crippen LogP contribution in [0.2, 0.25) is 10.0 Å². The van der Waals surface area contributed by atoms with Crippen LogP contribution >= 0.6 is 23.2 Å². The summed E-state index contributed by atoms with van der Waals surface area (Å²) in [5, 5.41) is 11.7. The third-order valence-corrected chi connectivity index (χ3v) is 6.63. The molecule has 3 rings (SSSR count). The van der Waals surface area contributed by atoms with Crippen molar-refractivity contribution in [3.8, 4) is 11.5 Å². The topological polar surface area (TPSA) is 84.9 Å². The highest BCUT2D eigenvalue weighted by molar-refractivity contribution is 7.92. The second-order valence-electron chi connectivity index (χ2n) is 6.78. The van der Waals surface area contributed by atoms with Gasteiger partial charge in [-0.25, -0.2) is 8.42 Å². The fraction of sp³-hybridized carbons (Fsp3) is 0.182. The minimum atomic E-state index is -3.94. The molecule has 0 fully saturated rings. The Kier molecular flexibility index (Phi) is 7.01. The van der Waals surface area contributed by atoms with Gasteiger partial charge in [0.2, 0.25) is 0 Å². The van der Waals surface area contributed by atoms with E-state index in [0.717, 1.165) is 5.56 Å². The molecule has 0 saturated heterocycles. The van der Waals surface area contributed by atoms with Crippen LogP contribution in [0.4, 0.5) is 5.69 Å². The van der Waals surface area contributed by atoms with E-state index in [1.807, 2.05) is 6.92 Å². The average Bonchev–Trinajstić information content (AvgIpc) is 2.73. The summed E-state index contributed by atoms with van der Waals surface area (Å²) >= 11 is 12.2. The Bertz CT molecular complexity index is 1200. The summed E-state index contributed by atoms with van der Waals surface area (Å²) in [5.41, 5.74) is 1.64. The Morgan fingerprint density at radius 3 is 2.10 bits per heavy atom. The smallest absolute Gasteiger partial charge is 0.261 e. The molecule has 31 heavy (non-hydrogen) atoms. The van der Waals surface area contributed by atoms with E-state index < -0.39 is 16.1 Å². The Morgan fingerprint density at radius 2 is 1.52 bits per heavy atom. The molecule has 0 aliphatic carbocycles. The Hall–Kier alpha value is -2.45. The molecule has 0 radical (unpaired) electrons. The monoisotopic (exact) mass is 481 g/mol. The summed E-state index contributed by atoms with van der Waals surface area (Å²) in [5.74, 6) is 0.613. The molecule has 1 atom stereocenters. The highest BCUT2D eigenvalue weighted by Crippen LogP contribution is 2.40. The van der Waals surface area contributed by atoms with Crippen molar-refractivity contribution in [1.29, 1.82) is 0 Å². The minimum absolute atomic E-state index is 0.0813. The molecule has 3 aromatic carbocycles. The first-order valence-corrected chi connectivity index (χ1v) is 11.4. The second-order valence-corrected chi connectivity index (χ2v) is 9.31. The molecule has 0 saturated carbocycles. The van der Waals surface area contributed by atoms with E-state index in [9.17, 15) is 13.5 Å². The number of ether oxygens (including phenoxy) is 2. The van der Waals surface area contributed by atoms with E-state index in [4.69, 9.17) is 32.7 Å². The van der Waals surface area contributed by atoms with Gasteiger partial charge in [0.15, 0.2) is 11.5 Å². The van der Waals surface area contributed by atoms with E-state index in [1.165, 1.54) is 44.6 Å². The fourth-order valence-corrected chi connectivity index (χ4v) is 4.61. The van der Waals surface area contributed by atoms with Gasteiger partial charge in [-0.1, -0.05) is 47.0 Å². The van der Waals surface area contributed by atoms with E-state index in [-0.39, 0.29) is 21.2 Å². The Balaban J connectivity index is 2.13. The number of sulfonamides is 1. The first kappa shape index (κ1) is 23.2.